The molecule has 114 valence electrons. The molecular formula is C17H35NO. The van der Waals surface area contributed by atoms with E-state index >= 15 is 0 Å². The lowest BCUT2D eigenvalue weighted by Gasteiger charge is -2.38. The molecule has 0 aromatic rings. The summed E-state index contributed by atoms with van der Waals surface area (Å²) in [6.07, 6.45) is 5.83. The Bertz CT molecular complexity index is 244. The molecule has 3 unspecified atom stereocenters. The second-order valence-electron chi connectivity index (χ2n) is 7.62. The Morgan fingerprint density at radius 2 is 1.84 bits per heavy atom. The molecule has 1 N–H and O–H groups in total. The molecule has 0 heterocycles. The SMILES string of the molecule is CCC1CCC(CNC(C)(C)C)C(COC(C)C)C1. The Labute approximate surface area is 120 Å². The van der Waals surface area contributed by atoms with E-state index in [9.17, 15) is 0 Å². The highest BCUT2D eigenvalue weighted by Crippen LogP contribution is 2.35. The van der Waals surface area contributed by atoms with Crippen LogP contribution < -0.4 is 5.32 Å². The normalized spacial score (nSPS) is 28.9. The number of nitrogens with one attached hydrogen (secondary N) is 1. The first-order valence-corrected chi connectivity index (χ1v) is 8.18. The van der Waals surface area contributed by atoms with Gasteiger partial charge in [0.05, 0.1) is 12.7 Å². The summed E-state index contributed by atoms with van der Waals surface area (Å²) in [5.41, 5.74) is 0.227. The summed E-state index contributed by atoms with van der Waals surface area (Å²) in [5.74, 6) is 2.46. The van der Waals surface area contributed by atoms with Gasteiger partial charge in [0.1, 0.15) is 0 Å². The minimum absolute atomic E-state index is 0.227. The second-order valence-corrected chi connectivity index (χ2v) is 7.62. The summed E-state index contributed by atoms with van der Waals surface area (Å²) in [5, 5.41) is 3.69. The van der Waals surface area contributed by atoms with Crippen LogP contribution in [-0.4, -0.2) is 24.8 Å². The number of hydrogen-bond acceptors (Lipinski definition) is 2. The lowest BCUT2D eigenvalue weighted by Crippen LogP contribution is -2.43. The highest BCUT2D eigenvalue weighted by atomic mass is 16.5. The van der Waals surface area contributed by atoms with Gasteiger partial charge < -0.3 is 10.1 Å². The largest absolute Gasteiger partial charge is 0.378 e. The van der Waals surface area contributed by atoms with Gasteiger partial charge in [-0.05, 0) is 71.8 Å². The first-order valence-electron chi connectivity index (χ1n) is 8.18. The summed E-state index contributed by atoms with van der Waals surface area (Å²) in [6.45, 7) is 15.5. The number of hydrogen-bond donors (Lipinski definition) is 1. The van der Waals surface area contributed by atoms with E-state index in [1.165, 1.54) is 25.7 Å². The van der Waals surface area contributed by atoms with Gasteiger partial charge in [-0.2, -0.15) is 0 Å². The van der Waals surface area contributed by atoms with Crippen molar-refractivity contribution in [2.24, 2.45) is 17.8 Å². The lowest BCUT2D eigenvalue weighted by molar-refractivity contribution is 0.0110. The second kappa shape index (κ2) is 7.64. The van der Waals surface area contributed by atoms with E-state index in [0.717, 1.165) is 30.9 Å². The topological polar surface area (TPSA) is 21.3 Å². The van der Waals surface area contributed by atoms with E-state index in [4.69, 9.17) is 4.74 Å². The Kier molecular flexibility index (Phi) is 6.82. The smallest absolute Gasteiger partial charge is 0.0519 e. The van der Waals surface area contributed by atoms with Crippen molar-refractivity contribution in [3.05, 3.63) is 0 Å². The predicted octanol–water partition coefficient (Wildman–Crippen LogP) is 4.24. The highest BCUT2D eigenvalue weighted by molar-refractivity contribution is 4.83. The van der Waals surface area contributed by atoms with Gasteiger partial charge in [0, 0.05) is 5.54 Å². The monoisotopic (exact) mass is 269 g/mol. The molecule has 1 aliphatic carbocycles. The van der Waals surface area contributed by atoms with Crippen molar-refractivity contribution in [3.63, 3.8) is 0 Å². The molecule has 19 heavy (non-hydrogen) atoms. The number of ether oxygens (including phenoxy) is 1. The van der Waals surface area contributed by atoms with Gasteiger partial charge in [0.2, 0.25) is 0 Å². The van der Waals surface area contributed by atoms with Crippen LogP contribution in [0, 0.1) is 17.8 Å². The third-order valence-electron chi connectivity index (χ3n) is 4.36. The van der Waals surface area contributed by atoms with Crippen molar-refractivity contribution in [1.82, 2.24) is 5.32 Å². The summed E-state index contributed by atoms with van der Waals surface area (Å²) in [6, 6.07) is 0. The maximum absolute atomic E-state index is 5.91. The standard InChI is InChI=1S/C17H35NO/c1-7-14-8-9-15(11-18-17(4,5)6)16(10-14)12-19-13(2)3/h13-16,18H,7-12H2,1-6H3. The Hall–Kier alpha value is -0.0800. The third-order valence-corrected chi connectivity index (χ3v) is 4.36. The molecule has 3 atom stereocenters. The molecule has 1 saturated carbocycles. The highest BCUT2D eigenvalue weighted by Gasteiger charge is 2.30. The predicted molar refractivity (Wildman–Crippen MR) is 83.5 cm³/mol. The Morgan fingerprint density at radius 1 is 1.16 bits per heavy atom. The van der Waals surface area contributed by atoms with E-state index in [2.05, 4.69) is 46.9 Å². The van der Waals surface area contributed by atoms with E-state index in [-0.39, 0.29) is 5.54 Å². The van der Waals surface area contributed by atoms with Crippen LogP contribution in [0.15, 0.2) is 0 Å². The van der Waals surface area contributed by atoms with Gasteiger partial charge in [0.15, 0.2) is 0 Å². The maximum Gasteiger partial charge on any atom is 0.0519 e. The fraction of sp³-hybridized carbons (Fsp3) is 1.00. The van der Waals surface area contributed by atoms with Crippen molar-refractivity contribution in [1.29, 1.82) is 0 Å². The van der Waals surface area contributed by atoms with Gasteiger partial charge in [0.25, 0.3) is 0 Å². The van der Waals surface area contributed by atoms with E-state index in [1.807, 2.05) is 0 Å². The van der Waals surface area contributed by atoms with Crippen molar-refractivity contribution in [2.45, 2.75) is 78.9 Å². The summed E-state index contributed by atoms with van der Waals surface area (Å²) in [7, 11) is 0. The average Bonchev–Trinajstić information content (AvgIpc) is 2.33. The van der Waals surface area contributed by atoms with Crippen LogP contribution in [-0.2, 0) is 4.74 Å². The molecule has 0 aliphatic heterocycles. The van der Waals surface area contributed by atoms with Gasteiger partial charge in [-0.3, -0.25) is 0 Å². The molecule has 0 amide bonds. The molecule has 1 fully saturated rings. The molecule has 1 aliphatic rings. The van der Waals surface area contributed by atoms with Crippen LogP contribution >= 0.6 is 0 Å². The van der Waals surface area contributed by atoms with Crippen LogP contribution in [0.3, 0.4) is 0 Å². The molecule has 0 aromatic carbocycles. The minimum Gasteiger partial charge on any atom is -0.378 e. The fourth-order valence-corrected chi connectivity index (χ4v) is 3.02. The lowest BCUT2D eigenvalue weighted by atomic mass is 9.73. The van der Waals surface area contributed by atoms with E-state index < -0.39 is 0 Å². The van der Waals surface area contributed by atoms with Crippen LogP contribution in [0.25, 0.3) is 0 Å². The van der Waals surface area contributed by atoms with Crippen LogP contribution in [0.2, 0.25) is 0 Å². The molecule has 1 rings (SSSR count). The quantitative estimate of drug-likeness (QED) is 0.778. The first-order chi connectivity index (χ1) is 8.81. The maximum atomic E-state index is 5.91. The Morgan fingerprint density at radius 3 is 2.37 bits per heavy atom. The van der Waals surface area contributed by atoms with Gasteiger partial charge in [-0.25, -0.2) is 0 Å². The Balaban J connectivity index is 2.50. The molecule has 0 bridgehead atoms. The summed E-state index contributed by atoms with van der Waals surface area (Å²) < 4.78 is 5.91. The molecular weight excluding hydrogens is 234 g/mol. The van der Waals surface area contributed by atoms with Crippen LogP contribution in [0.1, 0.15) is 67.2 Å². The first kappa shape index (κ1) is 17.0. The zero-order valence-electron chi connectivity index (χ0n) is 14.0. The zero-order chi connectivity index (χ0) is 14.5. The minimum atomic E-state index is 0.227. The summed E-state index contributed by atoms with van der Waals surface area (Å²) >= 11 is 0. The van der Waals surface area contributed by atoms with Crippen molar-refractivity contribution in [3.8, 4) is 0 Å². The van der Waals surface area contributed by atoms with E-state index in [0.29, 0.717) is 6.10 Å². The fourth-order valence-electron chi connectivity index (χ4n) is 3.02. The van der Waals surface area contributed by atoms with Crippen LogP contribution in [0.5, 0.6) is 0 Å². The third kappa shape index (κ3) is 6.76. The molecule has 2 heteroatoms. The summed E-state index contributed by atoms with van der Waals surface area (Å²) in [4.78, 5) is 0. The van der Waals surface area contributed by atoms with Gasteiger partial charge in [-0.1, -0.05) is 19.8 Å². The molecule has 0 saturated heterocycles. The van der Waals surface area contributed by atoms with Gasteiger partial charge in [-0.15, -0.1) is 0 Å². The average molecular weight is 269 g/mol. The van der Waals surface area contributed by atoms with Crippen molar-refractivity contribution in [2.75, 3.05) is 13.2 Å². The molecule has 0 radical (unpaired) electrons. The molecule has 0 spiro atoms. The van der Waals surface area contributed by atoms with Crippen molar-refractivity contribution >= 4 is 0 Å². The molecule has 2 nitrogen and oxygen atoms in total. The van der Waals surface area contributed by atoms with Crippen molar-refractivity contribution < 1.29 is 4.74 Å². The zero-order valence-corrected chi connectivity index (χ0v) is 14.0. The molecule has 0 aromatic heterocycles. The van der Waals surface area contributed by atoms with E-state index in [1.54, 1.807) is 0 Å². The number of rotatable bonds is 6. The van der Waals surface area contributed by atoms with Gasteiger partial charge >= 0.3 is 0 Å². The van der Waals surface area contributed by atoms with Crippen LogP contribution in [0.4, 0.5) is 0 Å².